The van der Waals surface area contributed by atoms with Gasteiger partial charge in [0, 0.05) is 12.0 Å². The number of carbonyl (C=O) groups excluding carboxylic acids is 1. The molecule has 2 heteroatoms. The van der Waals surface area contributed by atoms with E-state index in [1.54, 1.807) is 0 Å². The molecule has 0 saturated carbocycles. The van der Waals surface area contributed by atoms with E-state index in [9.17, 15) is 4.79 Å². The molecule has 0 aliphatic carbocycles. The van der Waals surface area contributed by atoms with E-state index in [-0.39, 0.29) is 12.1 Å². The fraction of sp³-hybridized carbons (Fsp3) is 0.400. The summed E-state index contributed by atoms with van der Waals surface area (Å²) in [6.45, 7) is 4.18. The lowest BCUT2D eigenvalue weighted by Gasteiger charge is -2.07. The van der Waals surface area contributed by atoms with Crippen LogP contribution in [-0.2, 0) is 9.53 Å². The highest BCUT2D eigenvalue weighted by Crippen LogP contribution is 2.35. The van der Waals surface area contributed by atoms with E-state index in [1.165, 1.54) is 5.57 Å². The molecule has 0 aromatic heterocycles. The fourth-order valence-electron chi connectivity index (χ4n) is 2.33. The number of carbonyl (C=O) groups is 1. The zero-order valence-corrected chi connectivity index (χ0v) is 10.4. The van der Waals surface area contributed by atoms with Gasteiger partial charge in [-0.3, -0.25) is 0 Å². The summed E-state index contributed by atoms with van der Waals surface area (Å²) in [6.07, 6.45) is 2.50. The molecule has 1 saturated heterocycles. The van der Waals surface area contributed by atoms with Crippen LogP contribution in [0.2, 0.25) is 0 Å². The van der Waals surface area contributed by atoms with Gasteiger partial charge in [-0.15, -0.1) is 0 Å². The fourth-order valence-corrected chi connectivity index (χ4v) is 2.33. The Morgan fingerprint density at radius 2 is 1.88 bits per heavy atom. The molecule has 1 atom stereocenters. The number of hydrogen-bond donors (Lipinski definition) is 0. The predicted octanol–water partition coefficient (Wildman–Crippen LogP) is 3.79. The molecule has 2 nitrogen and oxygen atoms in total. The lowest BCUT2D eigenvalue weighted by molar-refractivity contribution is -0.139. The first-order valence-electron chi connectivity index (χ1n) is 6.23. The minimum absolute atomic E-state index is 0.0909. The average molecular weight is 230 g/mol. The van der Waals surface area contributed by atoms with Crippen molar-refractivity contribution in [2.75, 3.05) is 0 Å². The highest BCUT2D eigenvalue weighted by atomic mass is 16.5. The third kappa shape index (κ3) is 2.41. The summed E-state index contributed by atoms with van der Waals surface area (Å²) in [7, 11) is 0. The van der Waals surface area contributed by atoms with Crippen molar-refractivity contribution in [2.45, 2.75) is 39.2 Å². The van der Waals surface area contributed by atoms with E-state index < -0.39 is 0 Å². The Bertz CT molecular complexity index is 425. The maximum Gasteiger partial charge on any atom is 0.334 e. The summed E-state index contributed by atoms with van der Waals surface area (Å²) in [4.78, 5) is 11.8. The van der Waals surface area contributed by atoms with Gasteiger partial charge in [0.25, 0.3) is 0 Å². The van der Waals surface area contributed by atoms with Crippen LogP contribution in [0.4, 0.5) is 0 Å². The molecule has 1 unspecified atom stereocenters. The molecule has 1 aromatic carbocycles. The second-order valence-electron chi connectivity index (χ2n) is 4.30. The normalized spacial score (nSPS) is 19.3. The Hall–Kier alpha value is -1.57. The van der Waals surface area contributed by atoms with E-state index in [0.29, 0.717) is 0 Å². The van der Waals surface area contributed by atoms with Crippen LogP contribution in [0.1, 0.15) is 44.8 Å². The van der Waals surface area contributed by atoms with Crippen molar-refractivity contribution in [1.82, 2.24) is 0 Å². The number of hydrogen-bond acceptors (Lipinski definition) is 2. The maximum absolute atomic E-state index is 11.8. The van der Waals surface area contributed by atoms with Crippen LogP contribution in [0.15, 0.2) is 41.5 Å². The minimum Gasteiger partial charge on any atom is -0.454 e. The zero-order chi connectivity index (χ0) is 12.3. The van der Waals surface area contributed by atoms with Gasteiger partial charge in [0.2, 0.25) is 0 Å². The first-order valence-corrected chi connectivity index (χ1v) is 6.23. The molecule has 1 heterocycles. The highest BCUT2D eigenvalue weighted by Gasteiger charge is 2.31. The smallest absolute Gasteiger partial charge is 0.334 e. The number of cyclic esters (lactones) is 1. The van der Waals surface area contributed by atoms with Crippen molar-refractivity contribution >= 4 is 5.97 Å². The van der Waals surface area contributed by atoms with Gasteiger partial charge >= 0.3 is 5.97 Å². The summed E-state index contributed by atoms with van der Waals surface area (Å²) in [6, 6.07) is 9.95. The summed E-state index contributed by atoms with van der Waals surface area (Å²) >= 11 is 0. The number of rotatable bonds is 3. The monoisotopic (exact) mass is 230 g/mol. The lowest BCUT2D eigenvalue weighted by Crippen LogP contribution is -1.99. The molecule has 0 N–H and O–H groups in total. The molecule has 0 radical (unpaired) electrons. The Labute approximate surface area is 102 Å². The number of ether oxygens (including phenoxy) is 1. The average Bonchev–Trinajstić information content (AvgIpc) is 2.75. The molecule has 2 rings (SSSR count). The molecule has 1 aromatic rings. The van der Waals surface area contributed by atoms with Gasteiger partial charge in [0.05, 0.1) is 0 Å². The first kappa shape index (κ1) is 11.9. The summed E-state index contributed by atoms with van der Waals surface area (Å²) in [5, 5.41) is 0. The Morgan fingerprint density at radius 3 is 2.47 bits per heavy atom. The second-order valence-corrected chi connectivity index (χ2v) is 4.30. The molecular formula is C15H18O2. The molecular weight excluding hydrogens is 212 g/mol. The van der Waals surface area contributed by atoms with Crippen molar-refractivity contribution in [3.05, 3.63) is 47.0 Å². The van der Waals surface area contributed by atoms with E-state index in [2.05, 4.69) is 13.8 Å². The molecule has 0 bridgehead atoms. The largest absolute Gasteiger partial charge is 0.454 e. The quantitative estimate of drug-likeness (QED) is 0.583. The zero-order valence-electron chi connectivity index (χ0n) is 10.4. The summed E-state index contributed by atoms with van der Waals surface area (Å²) in [5.41, 5.74) is 3.21. The van der Waals surface area contributed by atoms with Crippen LogP contribution in [-0.4, -0.2) is 5.97 Å². The molecule has 90 valence electrons. The second kappa shape index (κ2) is 5.17. The van der Waals surface area contributed by atoms with Crippen molar-refractivity contribution < 1.29 is 9.53 Å². The van der Waals surface area contributed by atoms with Crippen LogP contribution >= 0.6 is 0 Å². The third-order valence-electron chi connectivity index (χ3n) is 3.34. The first-order chi connectivity index (χ1) is 8.26. The molecule has 1 aliphatic rings. The molecule has 1 aliphatic heterocycles. The van der Waals surface area contributed by atoms with Crippen LogP contribution in [0.25, 0.3) is 0 Å². The molecule has 0 amide bonds. The van der Waals surface area contributed by atoms with Gasteiger partial charge in [-0.25, -0.2) is 4.79 Å². The molecule has 17 heavy (non-hydrogen) atoms. The van der Waals surface area contributed by atoms with Gasteiger partial charge in [-0.1, -0.05) is 49.8 Å². The van der Waals surface area contributed by atoms with Crippen molar-refractivity contribution in [2.24, 2.45) is 0 Å². The Morgan fingerprint density at radius 1 is 1.24 bits per heavy atom. The van der Waals surface area contributed by atoms with Crippen molar-refractivity contribution in [1.29, 1.82) is 0 Å². The third-order valence-corrected chi connectivity index (χ3v) is 3.34. The van der Waals surface area contributed by atoms with Crippen LogP contribution in [0.5, 0.6) is 0 Å². The molecule has 1 fully saturated rings. The lowest BCUT2D eigenvalue weighted by atomic mass is 9.98. The Balaban J connectivity index is 2.24. The molecule has 0 spiro atoms. The van der Waals surface area contributed by atoms with E-state index >= 15 is 0 Å². The van der Waals surface area contributed by atoms with E-state index in [4.69, 9.17) is 4.74 Å². The number of esters is 1. The van der Waals surface area contributed by atoms with Gasteiger partial charge in [-0.05, 0) is 18.4 Å². The SMILES string of the molecule is CCC(CC)=C1CC(c2ccccc2)OC1=O. The van der Waals surface area contributed by atoms with Gasteiger partial charge < -0.3 is 4.74 Å². The van der Waals surface area contributed by atoms with Gasteiger partial charge in [0.1, 0.15) is 6.10 Å². The number of benzene rings is 1. The van der Waals surface area contributed by atoms with Gasteiger partial charge in [-0.2, -0.15) is 0 Å². The predicted molar refractivity (Wildman–Crippen MR) is 67.5 cm³/mol. The summed E-state index contributed by atoms with van der Waals surface area (Å²) in [5.74, 6) is -0.127. The standard InChI is InChI=1S/C15H18O2/c1-3-11(4-2)13-10-14(17-15(13)16)12-8-6-5-7-9-12/h5-9,14H,3-4,10H2,1-2H3. The van der Waals surface area contributed by atoms with E-state index in [0.717, 1.165) is 30.4 Å². The summed E-state index contributed by atoms with van der Waals surface area (Å²) < 4.78 is 5.45. The number of allylic oxidation sites excluding steroid dienone is 1. The Kier molecular flexibility index (Phi) is 3.62. The van der Waals surface area contributed by atoms with Crippen LogP contribution < -0.4 is 0 Å². The van der Waals surface area contributed by atoms with Crippen LogP contribution in [0, 0.1) is 0 Å². The minimum atomic E-state index is -0.127. The van der Waals surface area contributed by atoms with Crippen LogP contribution in [0.3, 0.4) is 0 Å². The van der Waals surface area contributed by atoms with Crippen molar-refractivity contribution in [3.63, 3.8) is 0 Å². The van der Waals surface area contributed by atoms with Gasteiger partial charge in [0.15, 0.2) is 0 Å². The van der Waals surface area contributed by atoms with Crippen molar-refractivity contribution in [3.8, 4) is 0 Å². The van der Waals surface area contributed by atoms with E-state index in [1.807, 2.05) is 30.3 Å². The topological polar surface area (TPSA) is 26.3 Å². The maximum atomic E-state index is 11.8. The highest BCUT2D eigenvalue weighted by molar-refractivity contribution is 5.91.